The zero-order chi connectivity index (χ0) is 15.9. The topological polar surface area (TPSA) is 50.9 Å². The molecule has 3 N–H and O–H groups in total. The number of hydrogen-bond donors (Lipinski definition) is 2. The van der Waals surface area contributed by atoms with Gasteiger partial charge in [0.2, 0.25) is 0 Å². The maximum atomic E-state index is 6.26. The average Bonchev–Trinajstić information content (AvgIpc) is 2.63. The summed E-state index contributed by atoms with van der Waals surface area (Å²) >= 11 is 0. The summed E-state index contributed by atoms with van der Waals surface area (Å²) < 4.78 is 0. The number of pyridine rings is 1. The smallest absolute Gasteiger partial charge is 0.0722 e. The van der Waals surface area contributed by atoms with Crippen LogP contribution in [0.2, 0.25) is 0 Å². The number of nitrogens with two attached hydrogens (primary N) is 1. The number of nitrogens with one attached hydrogen (secondary N) is 1. The van der Waals surface area contributed by atoms with Crippen molar-refractivity contribution in [3.8, 4) is 11.3 Å². The van der Waals surface area contributed by atoms with Gasteiger partial charge in [0, 0.05) is 30.0 Å². The molecule has 0 spiro atoms. The number of para-hydroxylation sites is 1. The first kappa shape index (κ1) is 15.3. The van der Waals surface area contributed by atoms with Gasteiger partial charge in [-0.15, -0.1) is 0 Å². The molecule has 0 aliphatic carbocycles. The minimum atomic E-state index is 0.0470. The van der Waals surface area contributed by atoms with Crippen LogP contribution in [-0.2, 0) is 0 Å². The van der Waals surface area contributed by atoms with Gasteiger partial charge >= 0.3 is 0 Å². The molecule has 0 radical (unpaired) electrons. The van der Waals surface area contributed by atoms with Crippen molar-refractivity contribution in [3.05, 3.63) is 84.6 Å². The second kappa shape index (κ2) is 7.56. The van der Waals surface area contributed by atoms with E-state index in [9.17, 15) is 0 Å². The van der Waals surface area contributed by atoms with Crippen LogP contribution in [0, 0.1) is 0 Å². The Morgan fingerprint density at radius 1 is 0.870 bits per heavy atom. The Bertz CT molecular complexity index is 726. The molecule has 3 aromatic rings. The lowest BCUT2D eigenvalue weighted by atomic mass is 10.0. The highest BCUT2D eigenvalue weighted by molar-refractivity contribution is 5.75. The van der Waals surface area contributed by atoms with E-state index in [1.165, 1.54) is 5.56 Å². The van der Waals surface area contributed by atoms with E-state index in [-0.39, 0.29) is 6.04 Å². The largest absolute Gasteiger partial charge is 0.384 e. The molecule has 0 aliphatic rings. The van der Waals surface area contributed by atoms with E-state index in [4.69, 9.17) is 5.73 Å². The van der Waals surface area contributed by atoms with Crippen molar-refractivity contribution in [1.29, 1.82) is 0 Å². The van der Waals surface area contributed by atoms with Crippen molar-refractivity contribution in [2.24, 2.45) is 5.73 Å². The van der Waals surface area contributed by atoms with Crippen LogP contribution in [0.4, 0.5) is 5.69 Å². The zero-order valence-electron chi connectivity index (χ0n) is 13.0. The molecule has 1 heterocycles. The van der Waals surface area contributed by atoms with Crippen LogP contribution >= 0.6 is 0 Å². The maximum Gasteiger partial charge on any atom is 0.0722 e. The number of benzene rings is 2. The molecule has 23 heavy (non-hydrogen) atoms. The third kappa shape index (κ3) is 3.96. The first-order valence-corrected chi connectivity index (χ1v) is 7.89. The lowest BCUT2D eigenvalue weighted by Gasteiger charge is -2.15. The molecule has 0 saturated heterocycles. The third-order valence-electron chi connectivity index (χ3n) is 3.87. The molecule has 0 amide bonds. The van der Waals surface area contributed by atoms with Crippen LogP contribution < -0.4 is 11.1 Å². The van der Waals surface area contributed by atoms with Crippen LogP contribution in [0.1, 0.15) is 18.0 Å². The molecule has 0 fully saturated rings. The highest BCUT2D eigenvalue weighted by Gasteiger charge is 2.07. The van der Waals surface area contributed by atoms with Crippen LogP contribution in [0.15, 0.2) is 79.0 Å². The summed E-state index contributed by atoms with van der Waals surface area (Å²) in [5.41, 5.74) is 10.6. The van der Waals surface area contributed by atoms with E-state index in [0.29, 0.717) is 0 Å². The van der Waals surface area contributed by atoms with E-state index in [1.807, 2.05) is 54.7 Å². The third-order valence-corrected chi connectivity index (χ3v) is 3.87. The quantitative estimate of drug-likeness (QED) is 0.715. The number of rotatable bonds is 6. The van der Waals surface area contributed by atoms with Gasteiger partial charge in [-0.2, -0.15) is 0 Å². The molecule has 116 valence electrons. The Hall–Kier alpha value is -2.65. The van der Waals surface area contributed by atoms with Gasteiger partial charge in [0.15, 0.2) is 0 Å². The lowest BCUT2D eigenvalue weighted by molar-refractivity contribution is 0.675. The second-order valence-electron chi connectivity index (χ2n) is 5.49. The summed E-state index contributed by atoms with van der Waals surface area (Å²) in [5, 5.41) is 3.49. The van der Waals surface area contributed by atoms with Gasteiger partial charge < -0.3 is 11.1 Å². The molecule has 1 aromatic heterocycles. The monoisotopic (exact) mass is 303 g/mol. The predicted octanol–water partition coefficient (Wildman–Crippen LogP) is 4.25. The lowest BCUT2D eigenvalue weighted by Crippen LogP contribution is -2.15. The molecular weight excluding hydrogens is 282 g/mol. The number of nitrogens with zero attached hydrogens (tertiary/aromatic N) is 1. The first-order valence-electron chi connectivity index (χ1n) is 7.89. The van der Waals surface area contributed by atoms with Gasteiger partial charge in [0.1, 0.15) is 0 Å². The molecule has 3 rings (SSSR count). The summed E-state index contributed by atoms with van der Waals surface area (Å²) in [6.07, 6.45) is 2.69. The van der Waals surface area contributed by atoms with Crippen molar-refractivity contribution in [2.75, 3.05) is 11.9 Å². The van der Waals surface area contributed by atoms with Crippen molar-refractivity contribution in [3.63, 3.8) is 0 Å². The summed E-state index contributed by atoms with van der Waals surface area (Å²) in [7, 11) is 0. The molecular formula is C20H21N3. The van der Waals surface area contributed by atoms with Gasteiger partial charge in [0.05, 0.1) is 5.69 Å². The molecule has 0 aliphatic heterocycles. The van der Waals surface area contributed by atoms with Gasteiger partial charge in [-0.1, -0.05) is 54.6 Å². The van der Waals surface area contributed by atoms with E-state index in [0.717, 1.165) is 29.9 Å². The van der Waals surface area contributed by atoms with E-state index < -0.39 is 0 Å². The highest BCUT2D eigenvalue weighted by atomic mass is 14.9. The van der Waals surface area contributed by atoms with Crippen LogP contribution in [-0.4, -0.2) is 11.5 Å². The summed E-state index contributed by atoms with van der Waals surface area (Å²) in [5.74, 6) is 0. The Kier molecular flexibility index (Phi) is 5.02. The number of hydrogen-bond acceptors (Lipinski definition) is 3. The van der Waals surface area contributed by atoms with Crippen LogP contribution in [0.3, 0.4) is 0 Å². The Morgan fingerprint density at radius 3 is 2.39 bits per heavy atom. The zero-order valence-corrected chi connectivity index (χ0v) is 13.0. The number of anilines is 1. The molecule has 3 heteroatoms. The van der Waals surface area contributed by atoms with Gasteiger partial charge in [-0.05, 0) is 30.2 Å². The van der Waals surface area contributed by atoms with E-state index in [1.54, 1.807) is 0 Å². The fourth-order valence-corrected chi connectivity index (χ4v) is 2.61. The Balaban J connectivity index is 1.65. The van der Waals surface area contributed by atoms with Crippen molar-refractivity contribution in [1.82, 2.24) is 4.98 Å². The summed E-state index contributed by atoms with van der Waals surface area (Å²) in [6.45, 7) is 0.819. The minimum absolute atomic E-state index is 0.0470. The van der Waals surface area contributed by atoms with Crippen LogP contribution in [0.5, 0.6) is 0 Å². The summed E-state index contributed by atoms with van der Waals surface area (Å²) in [6, 6.07) is 24.5. The highest BCUT2D eigenvalue weighted by Crippen LogP contribution is 2.26. The normalized spacial score (nSPS) is 11.9. The standard InChI is InChI=1S/C20H21N3/c21-18(16-8-2-1-3-9-16)13-15-23-20-11-5-4-10-17(20)19-12-6-7-14-22-19/h1-12,14,18,23H,13,15,21H2. The number of aromatic nitrogens is 1. The average molecular weight is 303 g/mol. The molecule has 3 nitrogen and oxygen atoms in total. The van der Waals surface area contributed by atoms with Crippen molar-refractivity contribution < 1.29 is 0 Å². The maximum absolute atomic E-state index is 6.26. The van der Waals surface area contributed by atoms with Gasteiger partial charge in [-0.3, -0.25) is 4.98 Å². The van der Waals surface area contributed by atoms with Crippen molar-refractivity contribution in [2.45, 2.75) is 12.5 Å². The van der Waals surface area contributed by atoms with Gasteiger partial charge in [-0.25, -0.2) is 0 Å². The molecule has 1 atom stereocenters. The second-order valence-corrected chi connectivity index (χ2v) is 5.49. The fourth-order valence-electron chi connectivity index (χ4n) is 2.61. The fraction of sp³-hybridized carbons (Fsp3) is 0.150. The first-order chi connectivity index (χ1) is 11.3. The SMILES string of the molecule is NC(CCNc1ccccc1-c1ccccn1)c1ccccc1. The molecule has 0 bridgehead atoms. The molecule has 2 aromatic carbocycles. The molecule has 0 saturated carbocycles. The van der Waals surface area contributed by atoms with E-state index >= 15 is 0 Å². The van der Waals surface area contributed by atoms with Crippen LogP contribution in [0.25, 0.3) is 11.3 Å². The Morgan fingerprint density at radius 2 is 1.61 bits per heavy atom. The summed E-state index contributed by atoms with van der Waals surface area (Å²) in [4.78, 5) is 4.44. The minimum Gasteiger partial charge on any atom is -0.384 e. The van der Waals surface area contributed by atoms with Gasteiger partial charge in [0.25, 0.3) is 0 Å². The predicted molar refractivity (Wildman–Crippen MR) is 96.2 cm³/mol. The Labute approximate surface area is 137 Å². The van der Waals surface area contributed by atoms with Crippen molar-refractivity contribution >= 4 is 5.69 Å². The van der Waals surface area contributed by atoms with E-state index in [2.05, 4.69) is 34.6 Å². The molecule has 1 unspecified atom stereocenters.